The van der Waals surface area contributed by atoms with Crippen molar-refractivity contribution in [1.29, 1.82) is 0 Å². The van der Waals surface area contributed by atoms with E-state index >= 15 is 0 Å². The van der Waals surface area contributed by atoms with Gasteiger partial charge in [-0.25, -0.2) is 4.68 Å². The van der Waals surface area contributed by atoms with Gasteiger partial charge in [-0.3, -0.25) is 29.6 Å². The minimum Gasteiger partial charge on any atom is -0.497 e. The summed E-state index contributed by atoms with van der Waals surface area (Å²) >= 11 is 1.40. The van der Waals surface area contributed by atoms with Gasteiger partial charge in [0.2, 0.25) is 5.91 Å². The van der Waals surface area contributed by atoms with Crippen LogP contribution < -0.4 is 9.64 Å². The summed E-state index contributed by atoms with van der Waals surface area (Å²) in [5, 5.41) is 15.2. The maximum absolute atomic E-state index is 13.2. The minimum absolute atomic E-state index is 0.0655. The number of pyridine rings is 1. The smallest absolute Gasteiger partial charge is 0.278 e. The quantitative estimate of drug-likeness (QED) is 0.283. The Bertz CT molecular complexity index is 1440. The molecule has 2 aromatic heterocycles. The first-order chi connectivity index (χ1) is 17.5. The number of hydrogen-bond donors (Lipinski definition) is 0. The van der Waals surface area contributed by atoms with Gasteiger partial charge in [0.25, 0.3) is 11.6 Å². The van der Waals surface area contributed by atoms with Crippen LogP contribution in [0.15, 0.2) is 79.3 Å². The molecule has 5 rings (SSSR count). The number of thioether (sulfide) groups is 1. The normalized spacial score (nSPS) is 15.2. The fourth-order valence-corrected chi connectivity index (χ4v) is 5.12. The van der Waals surface area contributed by atoms with Gasteiger partial charge in [-0.2, -0.15) is 5.10 Å². The summed E-state index contributed by atoms with van der Waals surface area (Å²) in [5.74, 6) is 0.403. The molecule has 36 heavy (non-hydrogen) atoms. The Kier molecular flexibility index (Phi) is 6.21. The van der Waals surface area contributed by atoms with Gasteiger partial charge in [-0.15, -0.1) is 11.8 Å². The van der Waals surface area contributed by atoms with Crippen LogP contribution in [-0.4, -0.2) is 44.4 Å². The highest BCUT2D eigenvalue weighted by molar-refractivity contribution is 8.00. The van der Waals surface area contributed by atoms with E-state index in [9.17, 15) is 19.7 Å². The average Bonchev–Trinajstić information content (AvgIpc) is 3.52. The fraction of sp³-hybridized carbons (Fsp3) is 0.120. The number of nitrogens with zero attached hydrogens (tertiary/aromatic N) is 5. The van der Waals surface area contributed by atoms with Gasteiger partial charge in [0, 0.05) is 53.1 Å². The number of ether oxygens (including phenoxy) is 1. The summed E-state index contributed by atoms with van der Waals surface area (Å²) in [6, 6.07) is 16.3. The highest BCUT2D eigenvalue weighted by Crippen LogP contribution is 2.45. The Morgan fingerprint density at radius 2 is 1.78 bits per heavy atom. The van der Waals surface area contributed by atoms with Crippen molar-refractivity contribution >= 4 is 35.0 Å². The summed E-state index contributed by atoms with van der Waals surface area (Å²) < 4.78 is 6.53. The van der Waals surface area contributed by atoms with Crippen molar-refractivity contribution in [2.75, 3.05) is 17.8 Å². The highest BCUT2D eigenvalue weighted by atomic mass is 32.2. The minimum atomic E-state index is -0.491. The molecule has 11 heteroatoms. The van der Waals surface area contributed by atoms with Crippen molar-refractivity contribution in [1.82, 2.24) is 14.8 Å². The molecule has 0 radical (unpaired) electrons. The molecule has 4 aromatic rings. The van der Waals surface area contributed by atoms with Gasteiger partial charge in [-0.1, -0.05) is 0 Å². The predicted molar refractivity (Wildman–Crippen MR) is 134 cm³/mol. The Morgan fingerprint density at radius 3 is 2.42 bits per heavy atom. The molecular weight excluding hydrogens is 482 g/mol. The van der Waals surface area contributed by atoms with Crippen LogP contribution in [0.4, 0.5) is 11.4 Å². The molecule has 3 heterocycles. The highest BCUT2D eigenvalue weighted by Gasteiger charge is 2.37. The first-order valence-electron chi connectivity index (χ1n) is 10.8. The monoisotopic (exact) mass is 501 g/mol. The summed E-state index contributed by atoms with van der Waals surface area (Å²) in [7, 11) is 1.57. The molecule has 0 N–H and O–H groups in total. The second-order valence-electron chi connectivity index (χ2n) is 7.85. The van der Waals surface area contributed by atoms with Crippen molar-refractivity contribution in [2.24, 2.45) is 0 Å². The SMILES string of the molecule is COc1ccc(-c2nn(C(=O)c3ccncc3)cc2C2SCC(=O)N2c2ccc([N+](=O)[O-])cc2)cc1. The number of nitro groups is 1. The van der Waals surface area contributed by atoms with E-state index in [0.29, 0.717) is 28.3 Å². The lowest BCUT2D eigenvalue weighted by Crippen LogP contribution is -2.27. The molecule has 1 unspecified atom stereocenters. The summed E-state index contributed by atoms with van der Waals surface area (Å²) in [4.78, 5) is 42.2. The van der Waals surface area contributed by atoms with Gasteiger partial charge in [0.15, 0.2) is 0 Å². The number of rotatable bonds is 6. The zero-order valence-corrected chi connectivity index (χ0v) is 19.8. The third kappa shape index (κ3) is 4.31. The Balaban J connectivity index is 1.60. The molecule has 1 atom stereocenters. The predicted octanol–water partition coefficient (Wildman–Crippen LogP) is 4.33. The molecule has 1 aliphatic rings. The van der Waals surface area contributed by atoms with E-state index in [1.54, 1.807) is 54.6 Å². The number of anilines is 1. The molecular formula is C25H19N5O5S. The van der Waals surface area contributed by atoms with Crippen LogP contribution in [0.2, 0.25) is 0 Å². The molecule has 10 nitrogen and oxygen atoms in total. The molecule has 0 saturated carbocycles. The Hall–Kier alpha value is -4.51. The van der Waals surface area contributed by atoms with E-state index in [1.807, 2.05) is 12.1 Å². The van der Waals surface area contributed by atoms with Crippen LogP contribution >= 0.6 is 11.8 Å². The van der Waals surface area contributed by atoms with E-state index in [4.69, 9.17) is 4.74 Å². The maximum Gasteiger partial charge on any atom is 0.278 e. The molecule has 0 bridgehead atoms. The van der Waals surface area contributed by atoms with Gasteiger partial charge in [0.05, 0.1) is 23.5 Å². The van der Waals surface area contributed by atoms with E-state index in [0.717, 1.165) is 5.56 Å². The molecule has 1 saturated heterocycles. The molecule has 0 aliphatic carbocycles. The van der Waals surface area contributed by atoms with Crippen molar-refractivity contribution in [3.63, 3.8) is 0 Å². The van der Waals surface area contributed by atoms with Crippen LogP contribution in [0.1, 0.15) is 21.3 Å². The van der Waals surface area contributed by atoms with Gasteiger partial charge >= 0.3 is 0 Å². The zero-order valence-electron chi connectivity index (χ0n) is 19.0. The molecule has 1 aliphatic heterocycles. The Labute approximate surface area is 209 Å². The lowest BCUT2D eigenvalue weighted by molar-refractivity contribution is -0.384. The van der Waals surface area contributed by atoms with Crippen LogP contribution in [0.25, 0.3) is 11.3 Å². The van der Waals surface area contributed by atoms with Crippen LogP contribution in [0.3, 0.4) is 0 Å². The molecule has 0 spiro atoms. The largest absolute Gasteiger partial charge is 0.497 e. The summed E-state index contributed by atoms with van der Waals surface area (Å²) in [6.45, 7) is 0. The van der Waals surface area contributed by atoms with Crippen molar-refractivity contribution in [3.8, 4) is 17.0 Å². The number of benzene rings is 2. The average molecular weight is 502 g/mol. The molecule has 1 amide bonds. The van der Waals surface area contributed by atoms with E-state index in [1.165, 1.54) is 41.0 Å². The number of carbonyl (C=O) groups is 2. The summed E-state index contributed by atoms with van der Waals surface area (Å²) in [6.07, 6.45) is 4.70. The van der Waals surface area contributed by atoms with E-state index in [2.05, 4.69) is 10.1 Å². The van der Waals surface area contributed by atoms with Crippen molar-refractivity contribution in [3.05, 3.63) is 100 Å². The lowest BCUT2D eigenvalue weighted by atomic mass is 10.1. The second-order valence-corrected chi connectivity index (χ2v) is 8.92. The van der Waals surface area contributed by atoms with Crippen LogP contribution in [-0.2, 0) is 4.79 Å². The van der Waals surface area contributed by atoms with Gasteiger partial charge in [0.1, 0.15) is 11.1 Å². The number of aromatic nitrogens is 3. The van der Waals surface area contributed by atoms with E-state index < -0.39 is 10.3 Å². The van der Waals surface area contributed by atoms with Crippen LogP contribution in [0, 0.1) is 10.1 Å². The number of non-ortho nitro benzene ring substituents is 1. The second kappa shape index (κ2) is 9.62. The van der Waals surface area contributed by atoms with E-state index in [-0.39, 0.29) is 23.3 Å². The topological polar surface area (TPSA) is 120 Å². The van der Waals surface area contributed by atoms with Crippen molar-refractivity contribution < 1.29 is 19.2 Å². The number of carbonyl (C=O) groups excluding carboxylic acids is 2. The number of amides is 1. The number of hydrogen-bond acceptors (Lipinski definition) is 8. The molecule has 2 aromatic carbocycles. The fourth-order valence-electron chi connectivity index (χ4n) is 3.94. The lowest BCUT2D eigenvalue weighted by Gasteiger charge is -2.24. The Morgan fingerprint density at radius 1 is 1.08 bits per heavy atom. The number of methoxy groups -OCH3 is 1. The van der Waals surface area contributed by atoms with Gasteiger partial charge in [-0.05, 0) is 48.5 Å². The third-order valence-electron chi connectivity index (χ3n) is 5.71. The first kappa shape index (κ1) is 23.2. The molecule has 1 fully saturated rings. The van der Waals surface area contributed by atoms with Crippen molar-refractivity contribution in [2.45, 2.75) is 5.37 Å². The third-order valence-corrected chi connectivity index (χ3v) is 6.91. The molecule has 180 valence electrons. The first-order valence-corrected chi connectivity index (χ1v) is 11.9. The van der Waals surface area contributed by atoms with Gasteiger partial charge < -0.3 is 4.74 Å². The summed E-state index contributed by atoms with van der Waals surface area (Å²) in [5.41, 5.74) is 2.83. The maximum atomic E-state index is 13.2. The van der Waals surface area contributed by atoms with Crippen LogP contribution in [0.5, 0.6) is 5.75 Å². The number of nitro benzene ring substituents is 1. The standard InChI is InChI=1S/C25H19N5O5S/c1-35-20-8-2-16(3-9-20)23-21(14-28(27-23)24(32)17-10-12-26-13-11-17)25-29(22(31)15-36-25)18-4-6-19(7-5-18)30(33)34/h2-14,25H,15H2,1H3. The zero-order chi connectivity index (χ0) is 25.2.